The minimum absolute atomic E-state index is 0.0519. The number of H-pyrrole nitrogens is 1. The molecule has 0 radical (unpaired) electrons. The van der Waals surface area contributed by atoms with Crippen LogP contribution in [0.2, 0.25) is 10.0 Å². The predicted octanol–water partition coefficient (Wildman–Crippen LogP) is 4.63. The lowest BCUT2D eigenvalue weighted by Gasteiger charge is -2.25. The summed E-state index contributed by atoms with van der Waals surface area (Å²) < 4.78 is 22.0. The SMILES string of the molecule is COc1cc(-c2[nH]nc3c2C(c2cccc(Cl)c2Cl)C(C#N)=C(N)O3)cc(OC)c1OC. The van der Waals surface area contributed by atoms with E-state index in [4.69, 9.17) is 47.9 Å². The summed E-state index contributed by atoms with van der Waals surface area (Å²) in [6, 6.07) is 10.9. The number of hydrogen-bond acceptors (Lipinski definition) is 7. The van der Waals surface area contributed by atoms with Crippen LogP contribution in [0.5, 0.6) is 23.1 Å². The summed E-state index contributed by atoms with van der Waals surface area (Å²) in [4.78, 5) is 0. The summed E-state index contributed by atoms with van der Waals surface area (Å²) in [7, 11) is 4.58. The second-order valence-electron chi connectivity index (χ2n) is 6.80. The Balaban J connectivity index is 1.99. The molecule has 0 spiro atoms. The van der Waals surface area contributed by atoms with Crippen LogP contribution < -0.4 is 24.7 Å². The number of hydrogen-bond donors (Lipinski definition) is 2. The molecule has 3 aromatic rings. The second-order valence-corrected chi connectivity index (χ2v) is 7.58. The Labute approximate surface area is 194 Å². The zero-order chi connectivity index (χ0) is 23.0. The summed E-state index contributed by atoms with van der Waals surface area (Å²) in [5.41, 5.74) is 8.65. The van der Waals surface area contributed by atoms with Crippen LogP contribution in [-0.2, 0) is 0 Å². The highest BCUT2D eigenvalue weighted by molar-refractivity contribution is 6.42. The molecule has 0 saturated heterocycles. The van der Waals surface area contributed by atoms with Gasteiger partial charge in [0.25, 0.3) is 0 Å². The van der Waals surface area contributed by atoms with Gasteiger partial charge in [-0.3, -0.25) is 5.10 Å². The van der Waals surface area contributed by atoms with Gasteiger partial charge in [0.2, 0.25) is 17.5 Å². The highest BCUT2D eigenvalue weighted by atomic mass is 35.5. The van der Waals surface area contributed by atoms with E-state index in [-0.39, 0.29) is 17.3 Å². The predicted molar refractivity (Wildman–Crippen MR) is 119 cm³/mol. The molecule has 1 aliphatic heterocycles. The van der Waals surface area contributed by atoms with E-state index >= 15 is 0 Å². The number of fused-ring (bicyclic) bond motifs is 1. The Morgan fingerprint density at radius 2 is 1.81 bits per heavy atom. The molecule has 0 aliphatic carbocycles. The van der Waals surface area contributed by atoms with E-state index in [1.807, 2.05) is 0 Å². The number of nitrogens with zero attached hydrogens (tertiary/aromatic N) is 2. The molecule has 2 aromatic carbocycles. The Bertz CT molecular complexity index is 1250. The zero-order valence-corrected chi connectivity index (χ0v) is 18.8. The van der Waals surface area contributed by atoms with Crippen molar-refractivity contribution in [3.63, 3.8) is 0 Å². The molecule has 0 bridgehead atoms. The topological polar surface area (TPSA) is 115 Å². The summed E-state index contributed by atoms with van der Waals surface area (Å²) in [6.07, 6.45) is 0. The number of nitriles is 1. The van der Waals surface area contributed by atoms with Gasteiger partial charge in [-0.1, -0.05) is 35.3 Å². The van der Waals surface area contributed by atoms with Gasteiger partial charge in [-0.15, -0.1) is 5.10 Å². The molecule has 1 unspecified atom stereocenters. The molecule has 2 heterocycles. The third kappa shape index (κ3) is 3.36. The molecule has 8 nitrogen and oxygen atoms in total. The van der Waals surface area contributed by atoms with Gasteiger partial charge in [-0.25, -0.2) is 0 Å². The van der Waals surface area contributed by atoms with E-state index < -0.39 is 5.92 Å². The maximum atomic E-state index is 9.88. The fraction of sp³-hybridized carbons (Fsp3) is 0.182. The summed E-state index contributed by atoms with van der Waals surface area (Å²) >= 11 is 12.8. The van der Waals surface area contributed by atoms with Crippen molar-refractivity contribution in [3.8, 4) is 40.5 Å². The molecule has 1 aromatic heterocycles. The number of aromatic amines is 1. The maximum Gasteiger partial charge on any atom is 0.244 e. The van der Waals surface area contributed by atoms with E-state index in [0.29, 0.717) is 49.7 Å². The molecule has 1 atom stereocenters. The molecule has 0 fully saturated rings. The van der Waals surface area contributed by atoms with Crippen LogP contribution in [0.1, 0.15) is 17.0 Å². The number of nitrogens with one attached hydrogen (secondary N) is 1. The second kappa shape index (κ2) is 8.54. The Morgan fingerprint density at radius 1 is 1.12 bits per heavy atom. The van der Waals surface area contributed by atoms with Crippen molar-refractivity contribution in [1.82, 2.24) is 10.2 Å². The van der Waals surface area contributed by atoms with Crippen molar-refractivity contribution in [3.05, 3.63) is 63.0 Å². The molecule has 0 amide bonds. The molecule has 4 rings (SSSR count). The normalized spacial score (nSPS) is 14.9. The number of benzene rings is 2. The van der Waals surface area contributed by atoms with E-state index in [9.17, 15) is 5.26 Å². The van der Waals surface area contributed by atoms with Crippen LogP contribution in [-0.4, -0.2) is 31.5 Å². The third-order valence-corrected chi connectivity index (χ3v) is 6.02. The first-order valence-electron chi connectivity index (χ1n) is 9.35. The van der Waals surface area contributed by atoms with Gasteiger partial charge in [-0.2, -0.15) is 5.26 Å². The van der Waals surface area contributed by atoms with E-state index in [2.05, 4.69) is 16.3 Å². The van der Waals surface area contributed by atoms with Gasteiger partial charge in [0.1, 0.15) is 11.6 Å². The Morgan fingerprint density at radius 3 is 2.41 bits per heavy atom. The van der Waals surface area contributed by atoms with Crippen molar-refractivity contribution in [2.24, 2.45) is 5.73 Å². The number of halogens is 2. The maximum absolute atomic E-state index is 9.88. The van der Waals surface area contributed by atoms with Crippen LogP contribution in [0.15, 0.2) is 41.8 Å². The summed E-state index contributed by atoms with van der Waals surface area (Å²) in [5, 5.41) is 17.8. The molecule has 10 heteroatoms. The fourth-order valence-electron chi connectivity index (χ4n) is 3.74. The number of allylic oxidation sites excluding steroid dienone is 1. The van der Waals surface area contributed by atoms with Gasteiger partial charge in [0.05, 0.1) is 48.5 Å². The number of nitrogens with two attached hydrogens (primary N) is 1. The monoisotopic (exact) mass is 472 g/mol. The fourth-order valence-corrected chi connectivity index (χ4v) is 4.16. The Kier molecular flexibility index (Phi) is 5.78. The van der Waals surface area contributed by atoms with Crippen LogP contribution in [0.4, 0.5) is 0 Å². The number of rotatable bonds is 5. The molecule has 1 aliphatic rings. The summed E-state index contributed by atoms with van der Waals surface area (Å²) in [6.45, 7) is 0. The van der Waals surface area contributed by atoms with E-state index in [0.717, 1.165) is 0 Å². The van der Waals surface area contributed by atoms with Gasteiger partial charge >= 0.3 is 0 Å². The lowest BCUT2D eigenvalue weighted by molar-refractivity contribution is 0.324. The van der Waals surface area contributed by atoms with Gasteiger partial charge in [0, 0.05) is 5.56 Å². The minimum atomic E-state index is -0.664. The quantitative estimate of drug-likeness (QED) is 0.555. The molecule has 3 N–H and O–H groups in total. The lowest BCUT2D eigenvalue weighted by atomic mass is 9.83. The van der Waals surface area contributed by atoms with Crippen LogP contribution in [0, 0.1) is 11.3 Å². The average molecular weight is 473 g/mol. The number of methoxy groups -OCH3 is 3. The van der Waals surface area contributed by atoms with Crippen molar-refractivity contribution in [2.45, 2.75) is 5.92 Å². The lowest BCUT2D eigenvalue weighted by Crippen LogP contribution is -2.21. The van der Waals surface area contributed by atoms with Crippen molar-refractivity contribution in [2.75, 3.05) is 21.3 Å². The molecular formula is C22H18Cl2N4O4. The molecule has 164 valence electrons. The first kappa shape index (κ1) is 21.7. The average Bonchev–Trinajstić information content (AvgIpc) is 3.22. The number of aromatic nitrogens is 2. The molecular weight excluding hydrogens is 455 g/mol. The Hall–Kier alpha value is -3.54. The van der Waals surface area contributed by atoms with E-state index in [1.165, 1.54) is 21.3 Å². The summed E-state index contributed by atoms with van der Waals surface area (Å²) in [5.74, 6) is 0.863. The molecule has 32 heavy (non-hydrogen) atoms. The zero-order valence-electron chi connectivity index (χ0n) is 17.3. The van der Waals surface area contributed by atoms with Crippen LogP contribution in [0.25, 0.3) is 11.3 Å². The highest BCUT2D eigenvalue weighted by Crippen LogP contribution is 2.50. The first-order valence-corrected chi connectivity index (χ1v) is 10.1. The van der Waals surface area contributed by atoms with Crippen molar-refractivity contribution < 1.29 is 18.9 Å². The van der Waals surface area contributed by atoms with Crippen LogP contribution in [0.3, 0.4) is 0 Å². The standard InChI is InChI=1S/C22H18Cl2N4O4/c1-29-14-7-10(8-15(30-2)20(14)31-3)19-17-16(11-5-4-6-13(23)18(11)24)12(9-25)21(26)32-22(17)28-27-19/h4-8,16H,26H2,1-3H3,(H,27,28). The first-order chi connectivity index (χ1) is 15.4. The third-order valence-electron chi connectivity index (χ3n) is 5.18. The van der Waals surface area contributed by atoms with E-state index in [1.54, 1.807) is 30.3 Å². The minimum Gasteiger partial charge on any atom is -0.493 e. The van der Waals surface area contributed by atoms with Gasteiger partial charge in [-0.05, 0) is 23.8 Å². The number of ether oxygens (including phenoxy) is 4. The largest absolute Gasteiger partial charge is 0.493 e. The smallest absolute Gasteiger partial charge is 0.244 e. The highest BCUT2D eigenvalue weighted by Gasteiger charge is 2.37. The van der Waals surface area contributed by atoms with Crippen LogP contribution >= 0.6 is 23.2 Å². The van der Waals surface area contributed by atoms with Crippen molar-refractivity contribution in [1.29, 1.82) is 5.26 Å². The van der Waals surface area contributed by atoms with Crippen molar-refractivity contribution >= 4 is 23.2 Å². The van der Waals surface area contributed by atoms with Gasteiger partial charge in [0.15, 0.2) is 11.5 Å². The van der Waals surface area contributed by atoms with Gasteiger partial charge < -0.3 is 24.7 Å². The molecule has 0 saturated carbocycles.